The number of carbonyl (C=O) groups excluding carboxylic acids is 2. The van der Waals surface area contributed by atoms with Gasteiger partial charge in [0.1, 0.15) is 5.70 Å². The molecule has 3 aromatic rings. The van der Waals surface area contributed by atoms with Crippen molar-refractivity contribution in [1.29, 1.82) is 0 Å². The molecule has 0 N–H and O–H groups in total. The van der Waals surface area contributed by atoms with Gasteiger partial charge in [-0.15, -0.1) is 0 Å². The van der Waals surface area contributed by atoms with Crippen molar-refractivity contribution in [2.24, 2.45) is 0 Å². The van der Waals surface area contributed by atoms with Crippen molar-refractivity contribution in [1.82, 2.24) is 9.80 Å². The third-order valence-electron chi connectivity index (χ3n) is 6.57. The van der Waals surface area contributed by atoms with Crippen molar-refractivity contribution < 1.29 is 9.59 Å². The highest BCUT2D eigenvalue weighted by Crippen LogP contribution is 2.35. The number of hydrogen-bond acceptors (Lipinski definition) is 3. The first-order chi connectivity index (χ1) is 15.5. The number of imide groups is 1. The van der Waals surface area contributed by atoms with Crippen molar-refractivity contribution in [3.63, 3.8) is 0 Å². The van der Waals surface area contributed by atoms with E-state index in [0.29, 0.717) is 17.8 Å². The molecule has 0 saturated heterocycles. The van der Waals surface area contributed by atoms with Crippen molar-refractivity contribution in [3.05, 3.63) is 112 Å². The summed E-state index contributed by atoms with van der Waals surface area (Å²) in [6.07, 6.45) is 0.861. The molecule has 5 rings (SSSR count). The molecule has 0 aliphatic carbocycles. The van der Waals surface area contributed by atoms with Gasteiger partial charge in [-0.2, -0.15) is 0 Å². The Bertz CT molecular complexity index is 1240. The van der Waals surface area contributed by atoms with E-state index >= 15 is 0 Å². The Hall–Kier alpha value is -3.66. The van der Waals surface area contributed by atoms with Gasteiger partial charge in [-0.1, -0.05) is 72.8 Å². The van der Waals surface area contributed by atoms with E-state index in [9.17, 15) is 9.59 Å². The van der Waals surface area contributed by atoms with E-state index in [0.717, 1.165) is 29.7 Å². The van der Waals surface area contributed by atoms with Crippen LogP contribution in [0.25, 0.3) is 5.57 Å². The average molecular weight is 423 g/mol. The van der Waals surface area contributed by atoms with E-state index in [4.69, 9.17) is 0 Å². The highest BCUT2D eigenvalue weighted by molar-refractivity contribution is 6.35. The van der Waals surface area contributed by atoms with E-state index in [1.807, 2.05) is 61.5 Å². The van der Waals surface area contributed by atoms with Gasteiger partial charge in [-0.3, -0.25) is 14.5 Å². The monoisotopic (exact) mass is 422 g/mol. The van der Waals surface area contributed by atoms with Crippen LogP contribution < -0.4 is 0 Å². The van der Waals surface area contributed by atoms with Gasteiger partial charge in [-0.25, -0.2) is 0 Å². The van der Waals surface area contributed by atoms with Crippen LogP contribution in [0, 0.1) is 13.8 Å². The van der Waals surface area contributed by atoms with Crippen molar-refractivity contribution in [3.8, 4) is 0 Å². The number of rotatable bonds is 4. The Kier molecular flexibility index (Phi) is 5.14. The summed E-state index contributed by atoms with van der Waals surface area (Å²) in [6, 6.07) is 24.1. The first kappa shape index (κ1) is 20.3. The van der Waals surface area contributed by atoms with Gasteiger partial charge < -0.3 is 4.90 Å². The molecule has 2 aliphatic heterocycles. The van der Waals surface area contributed by atoms with E-state index in [2.05, 4.69) is 30.0 Å². The van der Waals surface area contributed by atoms with Crippen LogP contribution in [0.5, 0.6) is 0 Å². The van der Waals surface area contributed by atoms with Gasteiger partial charge in [0.15, 0.2) is 0 Å². The molecular weight excluding hydrogens is 396 g/mol. The SMILES string of the molecule is Cc1ccc(C2=C(N3CCc4ccccc4C3)C(=O)N(Cc3ccccc3)C2=O)cc1C. The lowest BCUT2D eigenvalue weighted by molar-refractivity contribution is -0.138. The standard InChI is InChI=1S/C28H26N2O2/c1-19-12-13-23(16-20(19)2)25-26(29-15-14-22-10-6-7-11-24(22)18-29)28(32)30(27(25)31)17-21-8-4-3-5-9-21/h3-13,16H,14-15,17-18H2,1-2H3. The topological polar surface area (TPSA) is 40.6 Å². The second-order valence-electron chi connectivity index (χ2n) is 8.64. The number of amides is 2. The highest BCUT2D eigenvalue weighted by Gasteiger charge is 2.42. The van der Waals surface area contributed by atoms with Gasteiger partial charge in [0, 0.05) is 13.1 Å². The maximum absolute atomic E-state index is 13.7. The number of fused-ring (bicyclic) bond motifs is 1. The molecule has 4 nitrogen and oxygen atoms in total. The van der Waals surface area contributed by atoms with Crippen LogP contribution in [-0.2, 0) is 29.1 Å². The lowest BCUT2D eigenvalue weighted by Crippen LogP contribution is -2.37. The Morgan fingerprint density at radius 3 is 2.25 bits per heavy atom. The molecule has 0 saturated carbocycles. The van der Waals surface area contributed by atoms with Crippen LogP contribution in [0.1, 0.15) is 33.4 Å². The van der Waals surface area contributed by atoms with Gasteiger partial charge >= 0.3 is 0 Å². The Labute approximate surface area is 188 Å². The first-order valence-electron chi connectivity index (χ1n) is 11.1. The second kappa shape index (κ2) is 8.12. The van der Waals surface area contributed by atoms with Crippen molar-refractivity contribution in [2.45, 2.75) is 33.4 Å². The van der Waals surface area contributed by atoms with Gasteiger partial charge in [0.2, 0.25) is 0 Å². The second-order valence-corrected chi connectivity index (χ2v) is 8.64. The molecule has 0 atom stereocenters. The van der Waals surface area contributed by atoms with Crippen LogP contribution in [0.4, 0.5) is 0 Å². The lowest BCUT2D eigenvalue weighted by Gasteiger charge is -2.31. The minimum atomic E-state index is -0.212. The fourth-order valence-corrected chi connectivity index (χ4v) is 4.61. The molecule has 4 heteroatoms. The van der Waals surface area contributed by atoms with Crippen LogP contribution in [-0.4, -0.2) is 28.2 Å². The van der Waals surface area contributed by atoms with Crippen LogP contribution in [0.3, 0.4) is 0 Å². The Balaban J connectivity index is 1.58. The summed E-state index contributed by atoms with van der Waals surface area (Å²) in [5.74, 6) is -0.414. The zero-order valence-corrected chi connectivity index (χ0v) is 18.5. The predicted molar refractivity (Wildman–Crippen MR) is 125 cm³/mol. The molecule has 160 valence electrons. The van der Waals surface area contributed by atoms with Gasteiger partial charge in [0.25, 0.3) is 11.8 Å². The fourth-order valence-electron chi connectivity index (χ4n) is 4.61. The number of nitrogens with zero attached hydrogens (tertiary/aromatic N) is 2. The average Bonchev–Trinajstić information content (AvgIpc) is 3.06. The summed E-state index contributed by atoms with van der Waals surface area (Å²) >= 11 is 0. The van der Waals surface area contributed by atoms with Crippen LogP contribution in [0.15, 0.2) is 78.5 Å². The normalized spacial score (nSPS) is 16.1. The third-order valence-corrected chi connectivity index (χ3v) is 6.57. The summed E-state index contributed by atoms with van der Waals surface area (Å²) in [5.41, 5.74) is 7.62. The van der Waals surface area contributed by atoms with E-state index in [1.165, 1.54) is 21.6 Å². The fraction of sp³-hybridized carbons (Fsp3) is 0.214. The summed E-state index contributed by atoms with van der Waals surface area (Å²) in [7, 11) is 0. The summed E-state index contributed by atoms with van der Waals surface area (Å²) in [4.78, 5) is 30.8. The molecule has 2 aliphatic rings. The highest BCUT2D eigenvalue weighted by atomic mass is 16.2. The van der Waals surface area contributed by atoms with E-state index in [-0.39, 0.29) is 18.4 Å². The Morgan fingerprint density at radius 2 is 1.50 bits per heavy atom. The largest absolute Gasteiger partial charge is 0.362 e. The van der Waals surface area contributed by atoms with E-state index in [1.54, 1.807) is 0 Å². The smallest absolute Gasteiger partial charge is 0.278 e. The molecule has 0 fully saturated rings. The van der Waals surface area contributed by atoms with Crippen LogP contribution in [0.2, 0.25) is 0 Å². The van der Waals surface area contributed by atoms with Gasteiger partial charge in [-0.05, 0) is 53.6 Å². The molecule has 0 aromatic heterocycles. The summed E-state index contributed by atoms with van der Waals surface area (Å²) in [5, 5.41) is 0. The maximum atomic E-state index is 13.7. The molecule has 0 radical (unpaired) electrons. The number of aryl methyl sites for hydroxylation is 2. The molecule has 2 amide bonds. The number of benzene rings is 3. The summed E-state index contributed by atoms with van der Waals surface area (Å²) < 4.78 is 0. The van der Waals surface area contributed by atoms with Crippen LogP contribution >= 0.6 is 0 Å². The molecule has 0 spiro atoms. The number of carbonyl (C=O) groups is 2. The first-order valence-corrected chi connectivity index (χ1v) is 11.1. The van der Waals surface area contributed by atoms with Crippen molar-refractivity contribution >= 4 is 17.4 Å². The minimum Gasteiger partial charge on any atom is -0.362 e. The molecule has 32 heavy (non-hydrogen) atoms. The maximum Gasteiger partial charge on any atom is 0.278 e. The predicted octanol–water partition coefficient (Wildman–Crippen LogP) is 4.64. The van der Waals surface area contributed by atoms with E-state index < -0.39 is 0 Å². The molecular formula is C28H26N2O2. The lowest BCUT2D eigenvalue weighted by atomic mass is 9.96. The van der Waals surface area contributed by atoms with Crippen molar-refractivity contribution in [2.75, 3.05) is 6.54 Å². The number of hydrogen-bond donors (Lipinski definition) is 0. The zero-order chi connectivity index (χ0) is 22.2. The molecule has 2 heterocycles. The Morgan fingerprint density at radius 1 is 0.781 bits per heavy atom. The molecule has 0 bridgehead atoms. The van der Waals surface area contributed by atoms with Gasteiger partial charge in [0.05, 0.1) is 12.1 Å². The molecule has 0 unspecified atom stereocenters. The third kappa shape index (κ3) is 3.52. The molecule has 3 aromatic carbocycles. The quantitative estimate of drug-likeness (QED) is 0.575. The zero-order valence-electron chi connectivity index (χ0n) is 18.5. The minimum absolute atomic E-state index is 0.202. The summed E-state index contributed by atoms with van der Waals surface area (Å²) in [6.45, 7) is 5.73.